The third-order valence-corrected chi connectivity index (χ3v) is 4.60. The van der Waals surface area contributed by atoms with E-state index in [-0.39, 0.29) is 17.3 Å². The van der Waals surface area contributed by atoms with Crippen molar-refractivity contribution in [3.63, 3.8) is 0 Å². The van der Waals surface area contributed by atoms with Crippen molar-refractivity contribution in [3.05, 3.63) is 64.6 Å². The number of nitrogens with one attached hydrogen (secondary N) is 1. The van der Waals surface area contributed by atoms with Crippen molar-refractivity contribution >= 4 is 23.2 Å². The standard InChI is InChI=1S/C20H18ClF3N4O2/c1-11(2)18-14(19(29)27-13-5-6-16(30-3)15(21)8-13)10-26-28(18)17-7-4-12(9-25-17)20(22,23)24/h4-11H,1-3H3,(H,27,29). The first-order chi connectivity index (χ1) is 14.1. The summed E-state index contributed by atoms with van der Waals surface area (Å²) < 4.78 is 44.8. The van der Waals surface area contributed by atoms with Crippen molar-refractivity contribution in [1.82, 2.24) is 14.8 Å². The van der Waals surface area contributed by atoms with Crippen LogP contribution in [0, 0.1) is 0 Å². The van der Waals surface area contributed by atoms with Gasteiger partial charge in [-0.25, -0.2) is 9.67 Å². The molecule has 1 amide bonds. The molecule has 0 saturated carbocycles. The molecule has 30 heavy (non-hydrogen) atoms. The zero-order valence-corrected chi connectivity index (χ0v) is 17.0. The zero-order valence-electron chi connectivity index (χ0n) is 16.3. The van der Waals surface area contributed by atoms with E-state index in [2.05, 4.69) is 15.4 Å². The fourth-order valence-electron chi connectivity index (χ4n) is 2.89. The molecule has 6 nitrogen and oxygen atoms in total. The molecule has 1 N–H and O–H groups in total. The Balaban J connectivity index is 1.92. The van der Waals surface area contributed by atoms with Gasteiger partial charge in [0.05, 0.1) is 35.2 Å². The summed E-state index contributed by atoms with van der Waals surface area (Å²) in [5.74, 6) is 0.0619. The molecule has 0 fully saturated rings. The first-order valence-corrected chi connectivity index (χ1v) is 9.26. The van der Waals surface area contributed by atoms with Crippen LogP contribution in [0.15, 0.2) is 42.7 Å². The zero-order chi connectivity index (χ0) is 22.1. The maximum atomic E-state index is 12.8. The van der Waals surface area contributed by atoms with Gasteiger partial charge in [0.25, 0.3) is 5.91 Å². The fraction of sp³-hybridized carbons (Fsp3) is 0.250. The highest BCUT2D eigenvalue weighted by atomic mass is 35.5. The number of carbonyl (C=O) groups excluding carboxylic acids is 1. The minimum absolute atomic E-state index is 0.156. The average Bonchev–Trinajstić information content (AvgIpc) is 3.13. The summed E-state index contributed by atoms with van der Waals surface area (Å²) in [5.41, 5.74) is 0.387. The molecule has 0 saturated heterocycles. The Kier molecular flexibility index (Phi) is 6.02. The van der Waals surface area contributed by atoms with Gasteiger partial charge in [-0.15, -0.1) is 0 Å². The second-order valence-electron chi connectivity index (χ2n) is 6.72. The van der Waals surface area contributed by atoms with Crippen molar-refractivity contribution in [2.45, 2.75) is 25.9 Å². The third-order valence-electron chi connectivity index (χ3n) is 4.30. The highest BCUT2D eigenvalue weighted by Crippen LogP contribution is 2.30. The molecular formula is C20H18ClF3N4O2. The van der Waals surface area contributed by atoms with E-state index in [4.69, 9.17) is 16.3 Å². The predicted octanol–water partition coefficient (Wildman–Crippen LogP) is 5.32. The van der Waals surface area contributed by atoms with E-state index in [1.165, 1.54) is 24.1 Å². The molecule has 158 valence electrons. The number of aromatic nitrogens is 3. The summed E-state index contributed by atoms with van der Waals surface area (Å²) >= 11 is 6.09. The molecule has 0 atom stereocenters. The Morgan fingerprint density at radius 1 is 1.20 bits per heavy atom. The lowest BCUT2D eigenvalue weighted by Crippen LogP contribution is -2.16. The van der Waals surface area contributed by atoms with Crippen molar-refractivity contribution in [1.29, 1.82) is 0 Å². The largest absolute Gasteiger partial charge is 0.495 e. The second-order valence-corrected chi connectivity index (χ2v) is 7.12. The Morgan fingerprint density at radius 2 is 1.93 bits per heavy atom. The maximum absolute atomic E-state index is 12.8. The molecule has 3 aromatic rings. The van der Waals surface area contributed by atoms with Gasteiger partial charge in [-0.05, 0) is 36.2 Å². The summed E-state index contributed by atoms with van der Waals surface area (Å²) in [6.45, 7) is 3.69. The summed E-state index contributed by atoms with van der Waals surface area (Å²) in [5, 5.41) is 7.25. The van der Waals surface area contributed by atoms with Crippen LogP contribution in [0.1, 0.15) is 41.4 Å². The summed E-state index contributed by atoms with van der Waals surface area (Å²) in [6.07, 6.45) is -2.39. The Morgan fingerprint density at radius 3 is 2.47 bits per heavy atom. The lowest BCUT2D eigenvalue weighted by Gasteiger charge is -2.13. The van der Waals surface area contributed by atoms with Gasteiger partial charge in [0.1, 0.15) is 5.75 Å². The van der Waals surface area contributed by atoms with E-state index in [1.54, 1.807) is 18.2 Å². The van der Waals surface area contributed by atoms with Gasteiger partial charge in [0, 0.05) is 11.9 Å². The number of ether oxygens (including phenoxy) is 1. The van der Waals surface area contributed by atoms with Crippen LogP contribution >= 0.6 is 11.6 Å². The highest BCUT2D eigenvalue weighted by Gasteiger charge is 2.31. The van der Waals surface area contributed by atoms with Crippen LogP contribution in [0.2, 0.25) is 5.02 Å². The van der Waals surface area contributed by atoms with E-state index in [0.717, 1.165) is 12.3 Å². The molecule has 0 aliphatic carbocycles. The van der Waals surface area contributed by atoms with E-state index < -0.39 is 17.6 Å². The number of amides is 1. The van der Waals surface area contributed by atoms with Crippen molar-refractivity contribution in [3.8, 4) is 11.6 Å². The predicted molar refractivity (Wildman–Crippen MR) is 106 cm³/mol. The summed E-state index contributed by atoms with van der Waals surface area (Å²) in [4.78, 5) is 16.7. The number of pyridine rings is 1. The number of hydrogen-bond donors (Lipinski definition) is 1. The third kappa shape index (κ3) is 4.40. The van der Waals surface area contributed by atoms with Crippen molar-refractivity contribution in [2.24, 2.45) is 0 Å². The summed E-state index contributed by atoms with van der Waals surface area (Å²) in [6, 6.07) is 6.95. The minimum Gasteiger partial charge on any atom is -0.495 e. The fourth-order valence-corrected chi connectivity index (χ4v) is 3.15. The number of alkyl halides is 3. The molecule has 1 aromatic carbocycles. The number of halogens is 4. The van der Waals surface area contributed by atoms with E-state index in [1.807, 2.05) is 13.8 Å². The molecule has 3 rings (SSSR count). The molecule has 0 bridgehead atoms. The van der Waals surface area contributed by atoms with E-state index in [9.17, 15) is 18.0 Å². The van der Waals surface area contributed by atoms with Gasteiger partial charge in [0.15, 0.2) is 5.82 Å². The van der Waals surface area contributed by atoms with Crippen LogP contribution in [0.25, 0.3) is 5.82 Å². The van der Waals surface area contributed by atoms with E-state index in [0.29, 0.717) is 22.2 Å². The Bertz CT molecular complexity index is 1060. The molecule has 0 aliphatic heterocycles. The molecule has 0 unspecified atom stereocenters. The van der Waals surface area contributed by atoms with Crippen LogP contribution in [0.4, 0.5) is 18.9 Å². The first-order valence-electron chi connectivity index (χ1n) is 8.88. The van der Waals surface area contributed by atoms with Crippen LogP contribution < -0.4 is 10.1 Å². The smallest absolute Gasteiger partial charge is 0.417 e. The highest BCUT2D eigenvalue weighted by molar-refractivity contribution is 6.32. The van der Waals surface area contributed by atoms with E-state index >= 15 is 0 Å². The lowest BCUT2D eigenvalue weighted by atomic mass is 10.1. The molecule has 2 aromatic heterocycles. The second kappa shape index (κ2) is 8.35. The summed E-state index contributed by atoms with van der Waals surface area (Å²) in [7, 11) is 1.48. The number of anilines is 1. The number of benzene rings is 1. The van der Waals surface area contributed by atoms with Gasteiger partial charge < -0.3 is 10.1 Å². The average molecular weight is 439 g/mol. The molecule has 0 spiro atoms. The van der Waals surface area contributed by atoms with Gasteiger partial charge in [-0.2, -0.15) is 18.3 Å². The van der Waals surface area contributed by atoms with Gasteiger partial charge >= 0.3 is 6.18 Å². The maximum Gasteiger partial charge on any atom is 0.417 e. The minimum atomic E-state index is -4.48. The van der Waals surface area contributed by atoms with Crippen LogP contribution in [-0.2, 0) is 6.18 Å². The topological polar surface area (TPSA) is 69.0 Å². The lowest BCUT2D eigenvalue weighted by molar-refractivity contribution is -0.137. The van der Waals surface area contributed by atoms with Crippen molar-refractivity contribution < 1.29 is 22.7 Å². The molecule has 0 radical (unpaired) electrons. The number of methoxy groups -OCH3 is 1. The number of nitrogens with zero attached hydrogens (tertiary/aromatic N) is 3. The van der Waals surface area contributed by atoms with Crippen LogP contribution in [0.3, 0.4) is 0 Å². The number of hydrogen-bond acceptors (Lipinski definition) is 4. The van der Waals surface area contributed by atoms with Gasteiger partial charge in [-0.3, -0.25) is 4.79 Å². The Labute approximate surface area is 175 Å². The molecule has 10 heteroatoms. The van der Waals surface area contributed by atoms with Crippen LogP contribution in [-0.4, -0.2) is 27.8 Å². The first kappa shape index (κ1) is 21.6. The van der Waals surface area contributed by atoms with Crippen molar-refractivity contribution in [2.75, 3.05) is 12.4 Å². The number of carbonyl (C=O) groups is 1. The van der Waals surface area contributed by atoms with Crippen LogP contribution in [0.5, 0.6) is 5.75 Å². The SMILES string of the molecule is COc1ccc(NC(=O)c2cnn(-c3ccc(C(F)(F)F)cn3)c2C(C)C)cc1Cl. The quantitative estimate of drug-likeness (QED) is 0.585. The monoisotopic (exact) mass is 438 g/mol. The molecular weight excluding hydrogens is 421 g/mol. The van der Waals surface area contributed by atoms with Gasteiger partial charge in [0.2, 0.25) is 0 Å². The Hall–Kier alpha value is -3.07. The van der Waals surface area contributed by atoms with Gasteiger partial charge in [-0.1, -0.05) is 25.4 Å². The number of rotatable bonds is 5. The molecule has 0 aliphatic rings. The normalized spacial score (nSPS) is 11.6. The molecule has 2 heterocycles.